The minimum absolute atomic E-state index is 0.0727. The quantitative estimate of drug-likeness (QED) is 0.357. The number of carboxylic acid groups (broad SMARTS) is 1. The maximum Gasteiger partial charge on any atom is 0.313 e. The molecule has 2 aromatic carbocycles. The third-order valence-corrected chi connectivity index (χ3v) is 6.26. The van der Waals surface area contributed by atoms with Crippen LogP contribution in [0.4, 0.5) is 5.13 Å². The second-order valence-corrected chi connectivity index (χ2v) is 9.28. The second-order valence-electron chi connectivity index (χ2n) is 6.97. The van der Waals surface area contributed by atoms with E-state index >= 15 is 0 Å². The third kappa shape index (κ3) is 8.08. The predicted molar refractivity (Wildman–Crippen MR) is 128 cm³/mol. The summed E-state index contributed by atoms with van der Waals surface area (Å²) in [5, 5.41) is 11.9. The molecule has 0 aliphatic carbocycles. The Labute approximate surface area is 199 Å². The predicted octanol–water partition coefficient (Wildman–Crippen LogP) is 4.56. The van der Waals surface area contributed by atoms with Gasteiger partial charge >= 0.3 is 5.97 Å². The van der Waals surface area contributed by atoms with Gasteiger partial charge in [-0.1, -0.05) is 41.7 Å². The molecule has 8 nitrogen and oxygen atoms in total. The number of nitrogens with one attached hydrogen (secondary N) is 1. The molecular weight excluding hydrogens is 464 g/mol. The van der Waals surface area contributed by atoms with Gasteiger partial charge in [0.25, 0.3) is 5.91 Å². The number of thioether (sulfide) groups is 1. The fraction of sp³-hybridized carbons (Fsp3) is 0.261. The molecule has 0 unspecified atom stereocenters. The van der Waals surface area contributed by atoms with Crippen LogP contribution in [0, 0.1) is 0 Å². The van der Waals surface area contributed by atoms with Gasteiger partial charge in [-0.3, -0.25) is 14.9 Å². The van der Waals surface area contributed by atoms with E-state index < -0.39 is 5.97 Å². The lowest BCUT2D eigenvalue weighted by Gasteiger charge is -2.16. The Bertz CT molecular complexity index is 1070. The number of nitrogens with zero attached hydrogens (tertiary/aromatic N) is 1. The first-order valence-corrected chi connectivity index (χ1v) is 11.8. The number of amides is 1. The van der Waals surface area contributed by atoms with Crippen molar-refractivity contribution in [3.63, 3.8) is 0 Å². The van der Waals surface area contributed by atoms with E-state index in [1.807, 2.05) is 37.3 Å². The van der Waals surface area contributed by atoms with E-state index in [1.54, 1.807) is 25.3 Å². The van der Waals surface area contributed by atoms with Crippen molar-refractivity contribution in [3.8, 4) is 11.5 Å². The van der Waals surface area contributed by atoms with Crippen molar-refractivity contribution in [2.24, 2.45) is 0 Å². The minimum atomic E-state index is -0.915. The molecule has 0 fully saturated rings. The van der Waals surface area contributed by atoms with Crippen molar-refractivity contribution in [1.29, 1.82) is 0 Å². The lowest BCUT2D eigenvalue weighted by Crippen LogP contribution is -2.18. The highest BCUT2D eigenvalue weighted by Crippen LogP contribution is 2.29. The number of rotatable bonds is 12. The molecule has 3 rings (SSSR count). The molecule has 0 spiro atoms. The summed E-state index contributed by atoms with van der Waals surface area (Å²) < 4.78 is 17.6. The second kappa shape index (κ2) is 12.2. The van der Waals surface area contributed by atoms with Crippen molar-refractivity contribution in [2.45, 2.75) is 23.8 Å². The van der Waals surface area contributed by atoms with E-state index in [1.165, 1.54) is 17.5 Å². The topological polar surface area (TPSA) is 107 Å². The Morgan fingerprint density at radius 1 is 1.18 bits per heavy atom. The summed E-state index contributed by atoms with van der Waals surface area (Å²) in [5.74, 6) is -0.401. The van der Waals surface area contributed by atoms with Gasteiger partial charge in [0.05, 0.1) is 22.8 Å². The van der Waals surface area contributed by atoms with Crippen LogP contribution in [0.5, 0.6) is 11.5 Å². The van der Waals surface area contributed by atoms with Gasteiger partial charge in [-0.05, 0) is 24.6 Å². The molecule has 1 aromatic heterocycles. The smallest absolute Gasteiger partial charge is 0.313 e. The number of ether oxygens (including phenoxy) is 3. The number of anilines is 1. The van der Waals surface area contributed by atoms with E-state index in [0.29, 0.717) is 39.6 Å². The molecule has 33 heavy (non-hydrogen) atoms. The zero-order valence-corrected chi connectivity index (χ0v) is 19.8. The fourth-order valence-electron chi connectivity index (χ4n) is 2.78. The Balaban J connectivity index is 1.75. The highest BCUT2D eigenvalue weighted by atomic mass is 32.2. The molecule has 3 aromatic rings. The lowest BCUT2D eigenvalue weighted by atomic mass is 10.2. The SMILES string of the molecule is COC[C@H](C)Oc1cc(OCc2ccccc2)cc(C(=O)Nc2ncc(SCC(=O)O)s2)c1. The van der Waals surface area contributed by atoms with Crippen LogP contribution in [0.1, 0.15) is 22.8 Å². The number of benzene rings is 2. The first kappa shape index (κ1) is 24.6. The number of carbonyl (C=O) groups excluding carboxylic acids is 1. The van der Waals surface area contributed by atoms with Gasteiger partial charge in [-0.2, -0.15) is 0 Å². The average molecular weight is 489 g/mol. The molecule has 1 amide bonds. The molecule has 0 saturated heterocycles. The molecule has 0 bridgehead atoms. The van der Waals surface area contributed by atoms with E-state index in [-0.39, 0.29) is 17.8 Å². The van der Waals surface area contributed by atoms with Gasteiger partial charge in [0.2, 0.25) is 0 Å². The highest BCUT2D eigenvalue weighted by Gasteiger charge is 2.15. The van der Waals surface area contributed by atoms with Gasteiger partial charge in [0.15, 0.2) is 5.13 Å². The Morgan fingerprint density at radius 2 is 1.94 bits per heavy atom. The van der Waals surface area contributed by atoms with Crippen LogP contribution in [-0.2, 0) is 16.1 Å². The zero-order valence-electron chi connectivity index (χ0n) is 18.1. The summed E-state index contributed by atoms with van der Waals surface area (Å²) in [5.41, 5.74) is 1.34. The summed E-state index contributed by atoms with van der Waals surface area (Å²) in [6.07, 6.45) is 1.32. The Morgan fingerprint density at radius 3 is 2.67 bits per heavy atom. The van der Waals surface area contributed by atoms with E-state index in [0.717, 1.165) is 17.3 Å². The summed E-state index contributed by atoms with van der Waals surface area (Å²) >= 11 is 2.35. The maximum absolute atomic E-state index is 12.9. The molecule has 1 heterocycles. The highest BCUT2D eigenvalue weighted by molar-refractivity contribution is 8.01. The van der Waals surface area contributed by atoms with Crippen molar-refractivity contribution >= 4 is 40.1 Å². The van der Waals surface area contributed by atoms with Gasteiger partial charge < -0.3 is 19.3 Å². The van der Waals surface area contributed by atoms with Crippen LogP contribution >= 0.6 is 23.1 Å². The van der Waals surface area contributed by atoms with Crippen molar-refractivity contribution in [3.05, 3.63) is 65.9 Å². The molecule has 2 N–H and O–H groups in total. The van der Waals surface area contributed by atoms with Gasteiger partial charge in [-0.25, -0.2) is 4.98 Å². The summed E-state index contributed by atoms with van der Waals surface area (Å²) in [7, 11) is 1.59. The van der Waals surface area contributed by atoms with E-state index in [4.69, 9.17) is 19.3 Å². The summed E-state index contributed by atoms with van der Waals surface area (Å²) in [6.45, 7) is 2.61. The first-order valence-electron chi connectivity index (χ1n) is 10.0. The third-order valence-electron chi connectivity index (χ3n) is 4.17. The van der Waals surface area contributed by atoms with Crippen LogP contribution < -0.4 is 14.8 Å². The number of carboxylic acids is 1. The standard InChI is InChI=1S/C23H24N2O6S2/c1-15(12-29-2)31-19-9-17(8-18(10-19)30-13-16-6-4-3-5-7-16)22(28)25-23-24-11-21(33-23)32-14-20(26)27/h3-11,15H,12-14H2,1-2H3,(H,26,27)(H,24,25,28)/t15-/m0/s1. The normalized spacial score (nSPS) is 11.6. The molecule has 0 aliphatic rings. The summed E-state index contributed by atoms with van der Waals surface area (Å²) in [4.78, 5) is 27.8. The van der Waals surface area contributed by atoms with Gasteiger partial charge in [0.1, 0.15) is 24.2 Å². The zero-order chi connectivity index (χ0) is 23.6. The molecule has 10 heteroatoms. The largest absolute Gasteiger partial charge is 0.489 e. The van der Waals surface area contributed by atoms with Crippen molar-refractivity contribution in [2.75, 3.05) is 24.8 Å². The van der Waals surface area contributed by atoms with E-state index in [2.05, 4.69) is 10.3 Å². The lowest BCUT2D eigenvalue weighted by molar-refractivity contribution is -0.133. The molecule has 0 saturated carbocycles. The number of carbonyl (C=O) groups is 2. The number of methoxy groups -OCH3 is 1. The molecule has 0 radical (unpaired) electrons. The van der Waals surface area contributed by atoms with E-state index in [9.17, 15) is 9.59 Å². The van der Waals surface area contributed by atoms with Crippen LogP contribution in [0.15, 0.2) is 58.9 Å². The molecule has 0 aliphatic heterocycles. The number of hydrogen-bond donors (Lipinski definition) is 2. The van der Waals surface area contributed by atoms with Crippen LogP contribution in [0.2, 0.25) is 0 Å². The summed E-state index contributed by atoms with van der Waals surface area (Å²) in [6, 6.07) is 14.7. The average Bonchev–Trinajstić information content (AvgIpc) is 3.24. The van der Waals surface area contributed by atoms with Crippen LogP contribution in [-0.4, -0.2) is 47.5 Å². The number of thiazole rings is 1. The molecule has 174 valence electrons. The number of aromatic nitrogens is 1. The van der Waals surface area contributed by atoms with Crippen LogP contribution in [0.3, 0.4) is 0 Å². The number of hydrogen-bond acceptors (Lipinski definition) is 8. The van der Waals surface area contributed by atoms with Gasteiger partial charge in [-0.15, -0.1) is 11.8 Å². The maximum atomic E-state index is 12.9. The monoisotopic (exact) mass is 488 g/mol. The number of aliphatic carboxylic acids is 1. The molecular formula is C23H24N2O6S2. The van der Waals surface area contributed by atoms with Crippen molar-refractivity contribution < 1.29 is 28.9 Å². The molecule has 1 atom stereocenters. The minimum Gasteiger partial charge on any atom is -0.489 e. The Hall–Kier alpha value is -3.08. The van der Waals surface area contributed by atoms with Crippen molar-refractivity contribution in [1.82, 2.24) is 4.98 Å². The van der Waals surface area contributed by atoms with Crippen LogP contribution in [0.25, 0.3) is 0 Å². The Kier molecular flexibility index (Phi) is 9.11. The van der Waals surface area contributed by atoms with Gasteiger partial charge in [0, 0.05) is 18.7 Å². The fourth-order valence-corrected chi connectivity index (χ4v) is 4.37. The first-order chi connectivity index (χ1) is 15.9.